The highest BCUT2D eigenvalue weighted by Crippen LogP contribution is 2.24. The number of nitrogens with zero attached hydrogens (tertiary/aromatic N) is 1. The van der Waals surface area contributed by atoms with Crippen LogP contribution in [0, 0.1) is 5.92 Å². The monoisotopic (exact) mass is 256 g/mol. The molecule has 1 fully saturated rings. The van der Waals surface area contributed by atoms with Crippen LogP contribution in [-0.2, 0) is 4.79 Å². The number of urea groups is 1. The summed E-state index contributed by atoms with van der Waals surface area (Å²) in [5, 5.41) is 12.0. The average molecular weight is 256 g/mol. The van der Waals surface area contributed by atoms with Gasteiger partial charge in [-0.2, -0.15) is 0 Å². The first kappa shape index (κ1) is 14.8. The van der Waals surface area contributed by atoms with Crippen molar-refractivity contribution in [2.24, 2.45) is 5.92 Å². The molecule has 104 valence electrons. The average Bonchev–Trinajstić information content (AvgIpc) is 2.68. The van der Waals surface area contributed by atoms with Crippen molar-refractivity contribution in [2.75, 3.05) is 6.54 Å². The molecule has 0 spiro atoms. The fourth-order valence-electron chi connectivity index (χ4n) is 2.43. The number of carbonyl (C=O) groups excluding carboxylic acids is 1. The van der Waals surface area contributed by atoms with E-state index in [1.165, 1.54) is 4.90 Å². The number of hydrogen-bond donors (Lipinski definition) is 2. The highest BCUT2D eigenvalue weighted by Gasteiger charge is 2.39. The Morgan fingerprint density at radius 2 is 2.17 bits per heavy atom. The van der Waals surface area contributed by atoms with Gasteiger partial charge in [-0.3, -0.25) is 0 Å². The zero-order chi connectivity index (χ0) is 13.7. The highest BCUT2D eigenvalue weighted by atomic mass is 16.4. The molecular formula is C13H24N2O3. The molecule has 5 heteroatoms. The van der Waals surface area contributed by atoms with E-state index < -0.39 is 12.0 Å². The van der Waals surface area contributed by atoms with Crippen molar-refractivity contribution in [3.8, 4) is 0 Å². The normalized spacial score (nSPS) is 24.9. The van der Waals surface area contributed by atoms with Gasteiger partial charge in [-0.15, -0.1) is 0 Å². The van der Waals surface area contributed by atoms with E-state index in [1.54, 1.807) is 0 Å². The number of nitrogens with one attached hydrogen (secondary N) is 1. The minimum absolute atomic E-state index is 0.0270. The van der Waals surface area contributed by atoms with Crippen LogP contribution in [0.5, 0.6) is 0 Å². The molecule has 0 aromatic heterocycles. The van der Waals surface area contributed by atoms with Gasteiger partial charge in [-0.05, 0) is 25.7 Å². The molecular weight excluding hydrogens is 232 g/mol. The van der Waals surface area contributed by atoms with E-state index in [4.69, 9.17) is 5.11 Å². The molecule has 0 bridgehead atoms. The smallest absolute Gasteiger partial charge is 0.326 e. The first-order valence-corrected chi connectivity index (χ1v) is 6.77. The summed E-state index contributed by atoms with van der Waals surface area (Å²) in [6.07, 6.45) is 3.86. The second kappa shape index (κ2) is 6.61. The van der Waals surface area contributed by atoms with Crippen molar-refractivity contribution < 1.29 is 14.7 Å². The molecule has 0 aliphatic carbocycles. The van der Waals surface area contributed by atoms with Crippen molar-refractivity contribution in [1.29, 1.82) is 0 Å². The van der Waals surface area contributed by atoms with Crippen LogP contribution in [0.2, 0.25) is 0 Å². The molecule has 0 saturated carbocycles. The number of carboxylic acid groups (broad SMARTS) is 1. The molecule has 0 radical (unpaired) electrons. The summed E-state index contributed by atoms with van der Waals surface area (Å²) in [5.74, 6) is -0.879. The van der Waals surface area contributed by atoms with Gasteiger partial charge in [-0.1, -0.05) is 26.7 Å². The van der Waals surface area contributed by atoms with Crippen LogP contribution in [0.4, 0.5) is 4.79 Å². The van der Waals surface area contributed by atoms with Crippen LogP contribution in [0.15, 0.2) is 0 Å². The fourth-order valence-corrected chi connectivity index (χ4v) is 2.43. The summed E-state index contributed by atoms with van der Waals surface area (Å²) in [5.41, 5.74) is 0. The molecule has 18 heavy (non-hydrogen) atoms. The summed E-state index contributed by atoms with van der Waals surface area (Å²) in [6, 6.07) is -0.818. The van der Waals surface area contributed by atoms with E-state index in [-0.39, 0.29) is 18.0 Å². The molecule has 0 aromatic carbocycles. The maximum Gasteiger partial charge on any atom is 0.326 e. The van der Waals surface area contributed by atoms with E-state index in [0.29, 0.717) is 6.54 Å². The predicted molar refractivity (Wildman–Crippen MR) is 69.4 cm³/mol. The van der Waals surface area contributed by atoms with Crippen LogP contribution in [-0.4, -0.2) is 40.6 Å². The maximum absolute atomic E-state index is 12.0. The van der Waals surface area contributed by atoms with E-state index in [0.717, 1.165) is 25.7 Å². The molecule has 5 nitrogen and oxygen atoms in total. The van der Waals surface area contributed by atoms with E-state index in [1.807, 2.05) is 13.8 Å². The lowest BCUT2D eigenvalue weighted by Crippen LogP contribution is -2.49. The van der Waals surface area contributed by atoms with Crippen LogP contribution in [0.3, 0.4) is 0 Å². The Morgan fingerprint density at radius 3 is 2.72 bits per heavy atom. The topological polar surface area (TPSA) is 69.6 Å². The highest BCUT2D eigenvalue weighted by molar-refractivity contribution is 5.83. The van der Waals surface area contributed by atoms with Crippen LogP contribution >= 0.6 is 0 Å². The zero-order valence-corrected chi connectivity index (χ0v) is 11.5. The maximum atomic E-state index is 12.0. The summed E-state index contributed by atoms with van der Waals surface area (Å²) >= 11 is 0. The lowest BCUT2D eigenvalue weighted by atomic mass is 10.0. The minimum atomic E-state index is -0.906. The van der Waals surface area contributed by atoms with Crippen LogP contribution in [0.25, 0.3) is 0 Å². The molecule has 1 aliphatic rings. The second-order valence-corrected chi connectivity index (χ2v) is 5.24. The van der Waals surface area contributed by atoms with Gasteiger partial charge in [0.15, 0.2) is 0 Å². The van der Waals surface area contributed by atoms with Gasteiger partial charge < -0.3 is 15.3 Å². The molecule has 2 N–H and O–H groups in total. The fraction of sp³-hybridized carbons (Fsp3) is 0.846. The third kappa shape index (κ3) is 3.62. The largest absolute Gasteiger partial charge is 0.480 e. The van der Waals surface area contributed by atoms with Crippen molar-refractivity contribution in [3.05, 3.63) is 0 Å². The Kier molecular flexibility index (Phi) is 5.44. The Morgan fingerprint density at radius 1 is 1.50 bits per heavy atom. The van der Waals surface area contributed by atoms with Gasteiger partial charge in [-0.25, -0.2) is 9.59 Å². The van der Waals surface area contributed by atoms with Gasteiger partial charge in [0.25, 0.3) is 0 Å². The molecule has 0 aromatic rings. The third-order valence-corrected chi connectivity index (χ3v) is 3.57. The Hall–Kier alpha value is -1.26. The first-order valence-electron chi connectivity index (χ1n) is 6.77. The Labute approximate surface area is 109 Å². The lowest BCUT2D eigenvalue weighted by molar-refractivity contribution is -0.142. The van der Waals surface area contributed by atoms with Gasteiger partial charge in [0.05, 0.1) is 0 Å². The van der Waals surface area contributed by atoms with Crippen LogP contribution in [0.1, 0.15) is 46.5 Å². The third-order valence-electron chi connectivity index (χ3n) is 3.57. The number of carbonyl (C=O) groups is 2. The number of amides is 2. The molecule has 1 saturated heterocycles. The van der Waals surface area contributed by atoms with Crippen LogP contribution < -0.4 is 5.32 Å². The molecule has 3 atom stereocenters. The van der Waals surface area contributed by atoms with Gasteiger partial charge >= 0.3 is 12.0 Å². The second-order valence-electron chi connectivity index (χ2n) is 5.24. The predicted octanol–water partition coefficient (Wildman–Crippen LogP) is 2.07. The molecule has 1 rings (SSSR count). The first-order chi connectivity index (χ1) is 8.47. The van der Waals surface area contributed by atoms with Crippen molar-refractivity contribution in [1.82, 2.24) is 10.2 Å². The number of hydrogen-bond acceptors (Lipinski definition) is 2. The summed E-state index contributed by atoms with van der Waals surface area (Å²) in [7, 11) is 0. The SMILES string of the molecule is CCCCC(C)NC(=O)N1CCC(C)C1C(=O)O. The molecule has 1 aliphatic heterocycles. The van der Waals surface area contributed by atoms with Crippen molar-refractivity contribution >= 4 is 12.0 Å². The number of carboxylic acids is 1. The summed E-state index contributed by atoms with van der Waals surface area (Å²) in [6.45, 7) is 6.48. The Balaban J connectivity index is 2.53. The van der Waals surface area contributed by atoms with Crippen molar-refractivity contribution in [2.45, 2.75) is 58.5 Å². The number of aliphatic carboxylic acids is 1. The number of unbranched alkanes of at least 4 members (excludes halogenated alkanes) is 1. The van der Waals surface area contributed by atoms with Crippen molar-refractivity contribution in [3.63, 3.8) is 0 Å². The summed E-state index contributed by atoms with van der Waals surface area (Å²) in [4.78, 5) is 24.6. The van der Waals surface area contributed by atoms with E-state index in [2.05, 4.69) is 12.2 Å². The van der Waals surface area contributed by atoms with Gasteiger partial charge in [0.2, 0.25) is 0 Å². The number of rotatable bonds is 5. The minimum Gasteiger partial charge on any atom is -0.480 e. The van der Waals surface area contributed by atoms with Gasteiger partial charge in [0, 0.05) is 12.6 Å². The zero-order valence-electron chi connectivity index (χ0n) is 11.5. The standard InChI is InChI=1S/C13H24N2O3/c1-4-5-6-10(3)14-13(18)15-8-7-9(2)11(15)12(16)17/h9-11H,4-8H2,1-3H3,(H,14,18)(H,16,17). The summed E-state index contributed by atoms with van der Waals surface area (Å²) < 4.78 is 0. The molecule has 2 amide bonds. The van der Waals surface area contributed by atoms with E-state index >= 15 is 0 Å². The quantitative estimate of drug-likeness (QED) is 0.791. The number of likely N-dealkylation sites (tertiary alicyclic amines) is 1. The lowest BCUT2D eigenvalue weighted by Gasteiger charge is -2.25. The van der Waals surface area contributed by atoms with Gasteiger partial charge in [0.1, 0.15) is 6.04 Å². The Bertz CT molecular complexity index is 307. The van der Waals surface area contributed by atoms with E-state index in [9.17, 15) is 9.59 Å². The molecule has 3 unspecified atom stereocenters. The molecule has 1 heterocycles.